The number of rotatable bonds is 2. The largest absolute Gasteiger partial charge is 0.335 e. The maximum Gasteiger partial charge on any atom is 0.293 e. The molecule has 1 N–H and O–H groups in total. The number of aromatic nitrogens is 3. The van der Waals surface area contributed by atoms with Crippen molar-refractivity contribution in [3.05, 3.63) is 11.6 Å². The molecule has 2 rings (SSSR count). The van der Waals surface area contributed by atoms with Gasteiger partial charge in [0, 0.05) is 30.0 Å². The zero-order valence-electron chi connectivity index (χ0n) is 11.2. The molecule has 0 atom stereocenters. The fourth-order valence-electron chi connectivity index (χ4n) is 1.91. The van der Waals surface area contributed by atoms with E-state index in [-0.39, 0.29) is 10.7 Å². The molecule has 100 valence electrons. The monoisotopic (exact) mass is 268 g/mol. The van der Waals surface area contributed by atoms with E-state index in [1.165, 1.54) is 0 Å². The maximum absolute atomic E-state index is 12.3. The lowest BCUT2D eigenvalue weighted by molar-refractivity contribution is 0.0752. The van der Waals surface area contributed by atoms with Crippen LogP contribution in [0.5, 0.6) is 0 Å². The molecule has 1 fully saturated rings. The van der Waals surface area contributed by atoms with E-state index in [1.807, 2.05) is 23.6 Å². The van der Waals surface area contributed by atoms with Gasteiger partial charge in [0.1, 0.15) is 5.82 Å². The first-order valence-electron chi connectivity index (χ1n) is 6.36. The molecular weight excluding hydrogens is 248 g/mol. The van der Waals surface area contributed by atoms with E-state index < -0.39 is 0 Å². The van der Waals surface area contributed by atoms with E-state index >= 15 is 0 Å². The van der Waals surface area contributed by atoms with E-state index in [4.69, 9.17) is 0 Å². The fraction of sp³-hybridized carbons (Fsp3) is 0.750. The molecular formula is C12H20N4OS. The smallest absolute Gasteiger partial charge is 0.293 e. The number of nitrogens with one attached hydrogen (secondary N) is 1. The third-order valence-electron chi connectivity index (χ3n) is 3.18. The minimum Gasteiger partial charge on any atom is -0.335 e. The van der Waals surface area contributed by atoms with Crippen molar-refractivity contribution >= 4 is 17.7 Å². The lowest BCUT2D eigenvalue weighted by atomic mass is 10.1. The highest BCUT2D eigenvalue weighted by Gasteiger charge is 2.27. The van der Waals surface area contributed by atoms with Crippen molar-refractivity contribution in [3.8, 4) is 0 Å². The van der Waals surface area contributed by atoms with Crippen LogP contribution in [0.15, 0.2) is 0 Å². The van der Waals surface area contributed by atoms with Gasteiger partial charge < -0.3 is 4.90 Å². The number of carbonyl (C=O) groups is 1. The molecule has 0 saturated carbocycles. The Kier molecular flexibility index (Phi) is 3.94. The number of thioether (sulfide) groups is 1. The zero-order chi connectivity index (χ0) is 13.2. The minimum absolute atomic E-state index is 0.0516. The SMILES string of the molecule is CCc1nc(C(=O)N2CCSC(C)(C)CC2)n[nH]1. The Hall–Kier alpha value is -1.04. The van der Waals surface area contributed by atoms with Crippen LogP contribution in [0.3, 0.4) is 0 Å². The van der Waals surface area contributed by atoms with Crippen molar-refractivity contribution in [2.45, 2.75) is 38.4 Å². The van der Waals surface area contributed by atoms with Crippen LogP contribution in [-0.4, -0.2) is 49.6 Å². The molecule has 5 nitrogen and oxygen atoms in total. The summed E-state index contributed by atoms with van der Waals surface area (Å²) in [7, 11) is 0. The number of carbonyl (C=O) groups excluding carboxylic acids is 1. The number of hydrogen-bond acceptors (Lipinski definition) is 4. The minimum atomic E-state index is -0.0516. The van der Waals surface area contributed by atoms with Crippen molar-refractivity contribution in [1.29, 1.82) is 0 Å². The molecule has 1 aliphatic heterocycles. The topological polar surface area (TPSA) is 61.9 Å². The van der Waals surface area contributed by atoms with Gasteiger partial charge >= 0.3 is 0 Å². The average molecular weight is 268 g/mol. The summed E-state index contributed by atoms with van der Waals surface area (Å²) in [5.41, 5.74) is 0. The van der Waals surface area contributed by atoms with Crippen LogP contribution in [0.1, 0.15) is 43.6 Å². The first kappa shape index (κ1) is 13.4. The number of hydrogen-bond donors (Lipinski definition) is 1. The standard InChI is InChI=1S/C12H20N4OS/c1-4-9-13-10(15-14-9)11(17)16-6-5-12(2,3)18-8-7-16/h4-8H2,1-3H3,(H,13,14,15). The zero-order valence-corrected chi connectivity index (χ0v) is 12.0. The van der Waals surface area contributed by atoms with Gasteiger partial charge in [0.25, 0.3) is 5.91 Å². The molecule has 0 radical (unpaired) electrons. The number of aryl methyl sites for hydroxylation is 1. The summed E-state index contributed by atoms with van der Waals surface area (Å²) in [4.78, 5) is 18.3. The molecule has 1 aromatic rings. The summed E-state index contributed by atoms with van der Waals surface area (Å²) in [6.45, 7) is 8.01. The van der Waals surface area contributed by atoms with Crippen LogP contribution >= 0.6 is 11.8 Å². The Balaban J connectivity index is 2.05. The normalized spacial score (nSPS) is 19.6. The highest BCUT2D eigenvalue weighted by Crippen LogP contribution is 2.30. The molecule has 1 aromatic heterocycles. The first-order chi connectivity index (χ1) is 8.52. The van der Waals surface area contributed by atoms with Crippen molar-refractivity contribution in [3.63, 3.8) is 0 Å². The Morgan fingerprint density at radius 2 is 2.28 bits per heavy atom. The van der Waals surface area contributed by atoms with Crippen molar-refractivity contribution < 1.29 is 4.79 Å². The number of amides is 1. The van der Waals surface area contributed by atoms with Gasteiger partial charge in [-0.15, -0.1) is 5.10 Å². The first-order valence-corrected chi connectivity index (χ1v) is 7.35. The van der Waals surface area contributed by atoms with Crippen molar-refractivity contribution in [2.75, 3.05) is 18.8 Å². The van der Waals surface area contributed by atoms with E-state index in [0.717, 1.165) is 37.5 Å². The molecule has 0 unspecified atom stereocenters. The molecule has 1 aliphatic rings. The van der Waals surface area contributed by atoms with Crippen LogP contribution in [0.4, 0.5) is 0 Å². The van der Waals surface area contributed by atoms with Crippen LogP contribution in [-0.2, 0) is 6.42 Å². The summed E-state index contributed by atoms with van der Waals surface area (Å²) in [6, 6.07) is 0. The van der Waals surface area contributed by atoms with E-state index in [0.29, 0.717) is 5.82 Å². The van der Waals surface area contributed by atoms with Gasteiger partial charge in [-0.25, -0.2) is 4.98 Å². The van der Waals surface area contributed by atoms with E-state index in [1.54, 1.807) is 0 Å². The summed E-state index contributed by atoms with van der Waals surface area (Å²) in [5.74, 6) is 1.99. The number of H-pyrrole nitrogens is 1. The van der Waals surface area contributed by atoms with Crippen LogP contribution in [0, 0.1) is 0 Å². The quantitative estimate of drug-likeness (QED) is 0.887. The predicted molar refractivity (Wildman–Crippen MR) is 72.8 cm³/mol. The molecule has 2 heterocycles. The van der Waals surface area contributed by atoms with Crippen LogP contribution in [0.2, 0.25) is 0 Å². The lowest BCUT2D eigenvalue weighted by Gasteiger charge is -2.21. The van der Waals surface area contributed by atoms with Crippen molar-refractivity contribution in [1.82, 2.24) is 20.1 Å². The maximum atomic E-state index is 12.3. The molecule has 1 saturated heterocycles. The summed E-state index contributed by atoms with van der Waals surface area (Å²) >= 11 is 1.92. The predicted octanol–water partition coefficient (Wildman–Crippen LogP) is 1.72. The van der Waals surface area contributed by atoms with Gasteiger partial charge in [0.2, 0.25) is 5.82 Å². The second-order valence-electron chi connectivity index (χ2n) is 5.11. The Labute approximate surface area is 112 Å². The summed E-state index contributed by atoms with van der Waals surface area (Å²) in [6.07, 6.45) is 1.78. The second-order valence-corrected chi connectivity index (χ2v) is 6.91. The molecule has 6 heteroatoms. The number of nitrogens with zero attached hydrogens (tertiary/aromatic N) is 3. The Bertz CT molecular complexity index is 429. The van der Waals surface area contributed by atoms with Gasteiger partial charge in [-0.2, -0.15) is 11.8 Å². The fourth-order valence-corrected chi connectivity index (χ4v) is 3.01. The van der Waals surface area contributed by atoms with Crippen LogP contribution < -0.4 is 0 Å². The molecule has 0 aromatic carbocycles. The highest BCUT2D eigenvalue weighted by atomic mass is 32.2. The van der Waals surface area contributed by atoms with Gasteiger partial charge in [-0.1, -0.05) is 20.8 Å². The van der Waals surface area contributed by atoms with Gasteiger partial charge in [0.05, 0.1) is 0 Å². The molecule has 0 bridgehead atoms. The van der Waals surface area contributed by atoms with E-state index in [2.05, 4.69) is 29.0 Å². The van der Waals surface area contributed by atoms with Gasteiger partial charge in [0.15, 0.2) is 0 Å². The second kappa shape index (κ2) is 5.30. The van der Waals surface area contributed by atoms with Gasteiger partial charge in [-0.3, -0.25) is 9.89 Å². The molecule has 1 amide bonds. The third kappa shape index (κ3) is 3.04. The highest BCUT2D eigenvalue weighted by molar-refractivity contribution is 8.00. The summed E-state index contributed by atoms with van der Waals surface area (Å²) in [5, 5.41) is 6.79. The van der Waals surface area contributed by atoms with Crippen molar-refractivity contribution in [2.24, 2.45) is 0 Å². The third-order valence-corrected chi connectivity index (χ3v) is 4.56. The molecule has 0 spiro atoms. The number of aromatic amines is 1. The van der Waals surface area contributed by atoms with Gasteiger partial charge in [-0.05, 0) is 6.42 Å². The summed E-state index contributed by atoms with van der Waals surface area (Å²) < 4.78 is 0.253. The Morgan fingerprint density at radius 1 is 1.50 bits per heavy atom. The molecule has 18 heavy (non-hydrogen) atoms. The average Bonchev–Trinajstić information content (AvgIpc) is 2.74. The Morgan fingerprint density at radius 3 is 2.94 bits per heavy atom. The van der Waals surface area contributed by atoms with Crippen LogP contribution in [0.25, 0.3) is 0 Å². The molecule has 0 aliphatic carbocycles. The lowest BCUT2D eigenvalue weighted by Crippen LogP contribution is -2.34. The van der Waals surface area contributed by atoms with E-state index in [9.17, 15) is 4.79 Å².